The lowest BCUT2D eigenvalue weighted by Gasteiger charge is -2.16. The molecule has 19 heavy (non-hydrogen) atoms. The Morgan fingerprint density at radius 3 is 2.68 bits per heavy atom. The van der Waals surface area contributed by atoms with Gasteiger partial charge in [-0.05, 0) is 37.1 Å². The molecule has 2 unspecified atom stereocenters. The highest BCUT2D eigenvalue weighted by Crippen LogP contribution is 2.25. The van der Waals surface area contributed by atoms with E-state index in [1.807, 2.05) is 0 Å². The number of hydrogen-bond acceptors (Lipinski definition) is 3. The summed E-state index contributed by atoms with van der Waals surface area (Å²) in [4.78, 5) is 14.1. The van der Waals surface area contributed by atoms with Crippen LogP contribution in [0.25, 0.3) is 0 Å². The second kappa shape index (κ2) is 5.27. The second-order valence-electron chi connectivity index (χ2n) is 5.40. The molecule has 0 spiro atoms. The fraction of sp³-hybridized carbons (Fsp3) is 0.500. The molecule has 102 valence electrons. The van der Waals surface area contributed by atoms with E-state index in [0.717, 1.165) is 26.2 Å². The SMILES string of the molecule is O=C(CN1CC2CNCC2C1)Nc1ccccc1F. The number of para-hydroxylation sites is 1. The Labute approximate surface area is 112 Å². The Hall–Kier alpha value is -1.46. The number of carbonyl (C=O) groups is 1. The summed E-state index contributed by atoms with van der Waals surface area (Å²) < 4.78 is 13.4. The molecule has 0 aliphatic carbocycles. The monoisotopic (exact) mass is 263 g/mol. The molecule has 2 saturated heterocycles. The Bertz CT molecular complexity index is 468. The normalized spacial score (nSPS) is 26.4. The van der Waals surface area contributed by atoms with E-state index in [1.54, 1.807) is 18.2 Å². The second-order valence-corrected chi connectivity index (χ2v) is 5.40. The quantitative estimate of drug-likeness (QED) is 0.852. The molecule has 3 rings (SSSR count). The highest BCUT2D eigenvalue weighted by Gasteiger charge is 2.36. The van der Waals surface area contributed by atoms with Gasteiger partial charge in [0.1, 0.15) is 5.82 Å². The topological polar surface area (TPSA) is 44.4 Å². The first kappa shape index (κ1) is 12.6. The number of rotatable bonds is 3. The number of carbonyl (C=O) groups excluding carboxylic acids is 1. The molecular weight excluding hydrogens is 245 g/mol. The van der Waals surface area contributed by atoms with Gasteiger partial charge >= 0.3 is 0 Å². The van der Waals surface area contributed by atoms with Gasteiger partial charge in [0.15, 0.2) is 0 Å². The van der Waals surface area contributed by atoms with Crippen LogP contribution in [-0.2, 0) is 4.79 Å². The summed E-state index contributed by atoms with van der Waals surface area (Å²) >= 11 is 0. The van der Waals surface area contributed by atoms with Crippen molar-refractivity contribution < 1.29 is 9.18 Å². The third-order valence-corrected chi connectivity index (χ3v) is 3.98. The standard InChI is InChI=1S/C14H18FN3O/c15-12-3-1-2-4-13(12)17-14(19)9-18-7-10-5-16-6-11(10)8-18/h1-4,10-11,16H,5-9H2,(H,17,19). The minimum Gasteiger partial charge on any atom is -0.322 e. The van der Waals surface area contributed by atoms with Crippen LogP contribution >= 0.6 is 0 Å². The summed E-state index contributed by atoms with van der Waals surface area (Å²) in [6, 6.07) is 6.25. The summed E-state index contributed by atoms with van der Waals surface area (Å²) in [5.74, 6) is 0.805. The number of anilines is 1. The lowest BCUT2D eigenvalue weighted by atomic mass is 10.0. The van der Waals surface area contributed by atoms with Crippen LogP contribution < -0.4 is 10.6 Å². The average molecular weight is 263 g/mol. The molecule has 2 atom stereocenters. The van der Waals surface area contributed by atoms with E-state index in [4.69, 9.17) is 0 Å². The molecule has 1 aromatic rings. The van der Waals surface area contributed by atoms with E-state index in [0.29, 0.717) is 18.4 Å². The summed E-state index contributed by atoms with van der Waals surface area (Å²) in [6.07, 6.45) is 0. The van der Waals surface area contributed by atoms with Gasteiger partial charge in [0.2, 0.25) is 5.91 Å². The van der Waals surface area contributed by atoms with Crippen molar-refractivity contribution in [2.75, 3.05) is 38.0 Å². The van der Waals surface area contributed by atoms with Crippen LogP contribution in [-0.4, -0.2) is 43.5 Å². The molecule has 5 heteroatoms. The third kappa shape index (κ3) is 2.77. The van der Waals surface area contributed by atoms with Crippen LogP contribution in [0.5, 0.6) is 0 Å². The maximum absolute atomic E-state index is 13.4. The Balaban J connectivity index is 1.53. The Kier molecular flexibility index (Phi) is 3.48. The lowest BCUT2D eigenvalue weighted by molar-refractivity contribution is -0.117. The van der Waals surface area contributed by atoms with Crippen molar-refractivity contribution in [1.82, 2.24) is 10.2 Å². The lowest BCUT2D eigenvalue weighted by Crippen LogP contribution is -2.33. The Morgan fingerprint density at radius 2 is 2.00 bits per heavy atom. The zero-order valence-electron chi connectivity index (χ0n) is 10.7. The van der Waals surface area contributed by atoms with Crippen molar-refractivity contribution in [3.8, 4) is 0 Å². The summed E-state index contributed by atoms with van der Waals surface area (Å²) in [6.45, 7) is 4.37. The van der Waals surface area contributed by atoms with Crippen molar-refractivity contribution in [3.05, 3.63) is 30.1 Å². The van der Waals surface area contributed by atoms with Gasteiger partial charge in [0, 0.05) is 13.1 Å². The fourth-order valence-electron chi connectivity index (χ4n) is 3.04. The highest BCUT2D eigenvalue weighted by molar-refractivity contribution is 5.92. The first-order valence-electron chi connectivity index (χ1n) is 6.70. The molecule has 2 fully saturated rings. The first-order chi connectivity index (χ1) is 9.22. The Morgan fingerprint density at radius 1 is 1.32 bits per heavy atom. The minimum atomic E-state index is -0.390. The van der Waals surface area contributed by atoms with Crippen molar-refractivity contribution in [3.63, 3.8) is 0 Å². The third-order valence-electron chi connectivity index (χ3n) is 3.98. The van der Waals surface area contributed by atoms with Crippen molar-refractivity contribution in [1.29, 1.82) is 0 Å². The summed E-state index contributed by atoms with van der Waals surface area (Å²) in [5, 5.41) is 6.00. The van der Waals surface area contributed by atoms with Gasteiger partial charge in [0.25, 0.3) is 0 Å². The smallest absolute Gasteiger partial charge is 0.238 e. The van der Waals surface area contributed by atoms with Gasteiger partial charge < -0.3 is 10.6 Å². The molecule has 0 radical (unpaired) electrons. The predicted molar refractivity (Wildman–Crippen MR) is 71.3 cm³/mol. The van der Waals surface area contributed by atoms with E-state index in [-0.39, 0.29) is 11.6 Å². The minimum absolute atomic E-state index is 0.141. The maximum atomic E-state index is 13.4. The number of halogens is 1. The molecule has 1 amide bonds. The molecule has 0 saturated carbocycles. The van der Waals surface area contributed by atoms with E-state index in [2.05, 4.69) is 15.5 Å². The molecule has 2 aliphatic heterocycles. The number of nitrogens with one attached hydrogen (secondary N) is 2. The molecule has 0 aromatic heterocycles. The number of fused-ring (bicyclic) bond motifs is 1. The zero-order valence-corrected chi connectivity index (χ0v) is 10.7. The predicted octanol–water partition coefficient (Wildman–Crippen LogP) is 0.915. The van der Waals surface area contributed by atoms with E-state index < -0.39 is 5.82 Å². The average Bonchev–Trinajstić information content (AvgIpc) is 2.92. The number of hydrogen-bond donors (Lipinski definition) is 2. The van der Waals surface area contributed by atoms with Crippen molar-refractivity contribution in [2.24, 2.45) is 11.8 Å². The number of benzene rings is 1. The number of nitrogens with zero attached hydrogens (tertiary/aromatic N) is 1. The van der Waals surface area contributed by atoms with Gasteiger partial charge in [0.05, 0.1) is 12.2 Å². The van der Waals surface area contributed by atoms with E-state index >= 15 is 0 Å². The first-order valence-corrected chi connectivity index (χ1v) is 6.70. The molecule has 2 N–H and O–H groups in total. The van der Waals surface area contributed by atoms with Gasteiger partial charge in [-0.3, -0.25) is 9.69 Å². The van der Waals surface area contributed by atoms with Gasteiger partial charge in [-0.15, -0.1) is 0 Å². The van der Waals surface area contributed by atoms with Gasteiger partial charge in [-0.2, -0.15) is 0 Å². The van der Waals surface area contributed by atoms with Crippen LogP contribution in [0.3, 0.4) is 0 Å². The molecule has 1 aromatic carbocycles. The van der Waals surface area contributed by atoms with Crippen molar-refractivity contribution in [2.45, 2.75) is 0 Å². The fourth-order valence-corrected chi connectivity index (χ4v) is 3.04. The van der Waals surface area contributed by atoms with Crippen LogP contribution in [0.4, 0.5) is 10.1 Å². The van der Waals surface area contributed by atoms with Crippen LogP contribution in [0, 0.1) is 17.7 Å². The highest BCUT2D eigenvalue weighted by atomic mass is 19.1. The van der Waals surface area contributed by atoms with E-state index in [9.17, 15) is 9.18 Å². The van der Waals surface area contributed by atoms with Crippen LogP contribution in [0.1, 0.15) is 0 Å². The number of amides is 1. The van der Waals surface area contributed by atoms with Crippen LogP contribution in [0.15, 0.2) is 24.3 Å². The van der Waals surface area contributed by atoms with Gasteiger partial charge in [-0.25, -0.2) is 4.39 Å². The molecule has 0 bridgehead atoms. The molecule has 2 heterocycles. The molecule has 4 nitrogen and oxygen atoms in total. The van der Waals surface area contributed by atoms with Gasteiger partial charge in [-0.1, -0.05) is 12.1 Å². The zero-order chi connectivity index (χ0) is 13.2. The van der Waals surface area contributed by atoms with Crippen molar-refractivity contribution >= 4 is 11.6 Å². The molecule has 2 aliphatic rings. The number of likely N-dealkylation sites (tertiary alicyclic amines) is 1. The summed E-state index contributed by atoms with van der Waals surface area (Å²) in [7, 11) is 0. The summed E-state index contributed by atoms with van der Waals surface area (Å²) in [5.41, 5.74) is 0.258. The maximum Gasteiger partial charge on any atom is 0.238 e. The van der Waals surface area contributed by atoms with Crippen LogP contribution in [0.2, 0.25) is 0 Å². The largest absolute Gasteiger partial charge is 0.322 e. The molecular formula is C14H18FN3O. The van der Waals surface area contributed by atoms with E-state index in [1.165, 1.54) is 6.07 Å².